The lowest BCUT2D eigenvalue weighted by Gasteiger charge is -2.37. The van der Waals surface area contributed by atoms with Crippen LogP contribution in [0.1, 0.15) is 23.2 Å². The Hall–Kier alpha value is -1.20. The number of benzene rings is 1. The van der Waals surface area contributed by atoms with Crippen molar-refractivity contribution in [1.29, 1.82) is 0 Å². The largest absolute Gasteiger partial charge is 0.497 e. The van der Waals surface area contributed by atoms with E-state index in [0.717, 1.165) is 44.0 Å². The number of ether oxygens (including phenoxy) is 2. The summed E-state index contributed by atoms with van der Waals surface area (Å²) in [5, 5.41) is 0. The fourth-order valence-electron chi connectivity index (χ4n) is 2.77. The summed E-state index contributed by atoms with van der Waals surface area (Å²) in [6.07, 6.45) is 1.85. The van der Waals surface area contributed by atoms with Gasteiger partial charge < -0.3 is 14.4 Å². The van der Waals surface area contributed by atoms with Gasteiger partial charge in [0.25, 0.3) is 5.91 Å². The number of piperidine rings is 1. The molecule has 2 heterocycles. The van der Waals surface area contributed by atoms with Gasteiger partial charge in [0, 0.05) is 37.2 Å². The second-order valence-corrected chi connectivity index (χ2v) is 6.57. The van der Waals surface area contributed by atoms with Crippen molar-refractivity contribution in [2.45, 2.75) is 17.8 Å². The molecule has 0 radical (unpaired) electrons. The number of amides is 1. The highest BCUT2D eigenvalue weighted by atomic mass is 32.2. The summed E-state index contributed by atoms with van der Waals surface area (Å²) in [6.45, 7) is 2.38. The van der Waals surface area contributed by atoms with Crippen LogP contribution in [0.2, 0.25) is 0 Å². The van der Waals surface area contributed by atoms with Crippen LogP contribution in [0, 0.1) is 0 Å². The van der Waals surface area contributed by atoms with E-state index in [2.05, 4.69) is 0 Å². The lowest BCUT2D eigenvalue weighted by atomic mass is 10.1. The van der Waals surface area contributed by atoms with E-state index in [-0.39, 0.29) is 10.8 Å². The third-order valence-corrected chi connectivity index (χ3v) is 5.37. The van der Waals surface area contributed by atoms with E-state index in [1.165, 1.54) is 0 Å². The van der Waals surface area contributed by atoms with Crippen LogP contribution < -0.4 is 4.74 Å². The van der Waals surface area contributed by atoms with Gasteiger partial charge in [0.1, 0.15) is 10.7 Å². The Labute approximate surface area is 123 Å². The van der Waals surface area contributed by atoms with Gasteiger partial charge in [-0.25, -0.2) is 0 Å². The van der Waals surface area contributed by atoms with Crippen molar-refractivity contribution in [2.24, 2.45) is 0 Å². The molecule has 0 aliphatic carbocycles. The fourth-order valence-corrected chi connectivity index (χ4v) is 3.95. The summed E-state index contributed by atoms with van der Waals surface area (Å²) in [7, 11) is 1.61. The van der Waals surface area contributed by atoms with Gasteiger partial charge in [-0.2, -0.15) is 0 Å². The maximum atomic E-state index is 12.5. The number of likely N-dealkylation sites (tertiary alicyclic amines) is 1. The lowest BCUT2D eigenvalue weighted by molar-refractivity contribution is 0.00352. The van der Waals surface area contributed by atoms with E-state index < -0.39 is 0 Å². The number of thioether (sulfide) groups is 1. The molecule has 20 heavy (non-hydrogen) atoms. The van der Waals surface area contributed by atoms with E-state index in [1.807, 2.05) is 34.9 Å². The van der Waals surface area contributed by atoms with Gasteiger partial charge in [-0.15, -0.1) is 11.8 Å². The maximum absolute atomic E-state index is 12.5. The van der Waals surface area contributed by atoms with E-state index >= 15 is 0 Å². The van der Waals surface area contributed by atoms with Crippen molar-refractivity contribution in [3.63, 3.8) is 0 Å². The van der Waals surface area contributed by atoms with Crippen LogP contribution in [-0.4, -0.2) is 48.3 Å². The van der Waals surface area contributed by atoms with Crippen LogP contribution >= 0.6 is 11.8 Å². The second-order valence-electron chi connectivity index (χ2n) is 5.13. The molecular weight excluding hydrogens is 274 g/mol. The molecule has 0 unspecified atom stereocenters. The van der Waals surface area contributed by atoms with Gasteiger partial charge in [-0.3, -0.25) is 4.79 Å². The van der Waals surface area contributed by atoms with Crippen LogP contribution in [0.25, 0.3) is 0 Å². The van der Waals surface area contributed by atoms with Gasteiger partial charge in [-0.05, 0) is 18.2 Å². The Kier molecular flexibility index (Phi) is 3.89. The predicted octanol–water partition coefficient (Wildman–Crippen LogP) is 2.39. The molecule has 1 amide bonds. The Bertz CT molecular complexity index is 490. The van der Waals surface area contributed by atoms with Crippen LogP contribution in [0.15, 0.2) is 24.3 Å². The van der Waals surface area contributed by atoms with Crippen molar-refractivity contribution in [2.75, 3.05) is 32.6 Å². The van der Waals surface area contributed by atoms with Gasteiger partial charge in [-0.1, -0.05) is 6.07 Å². The lowest BCUT2D eigenvalue weighted by Crippen LogP contribution is -2.45. The molecule has 2 saturated heterocycles. The third-order valence-electron chi connectivity index (χ3n) is 3.94. The number of carbonyl (C=O) groups excluding carboxylic acids is 1. The van der Waals surface area contributed by atoms with Crippen LogP contribution in [0.4, 0.5) is 0 Å². The minimum Gasteiger partial charge on any atom is -0.497 e. The Morgan fingerprint density at radius 2 is 2.20 bits per heavy atom. The van der Waals surface area contributed by atoms with E-state index in [0.29, 0.717) is 5.56 Å². The zero-order chi connectivity index (χ0) is 14.0. The first-order chi connectivity index (χ1) is 9.72. The van der Waals surface area contributed by atoms with Crippen LogP contribution in [-0.2, 0) is 4.74 Å². The van der Waals surface area contributed by atoms with Gasteiger partial charge in [0.05, 0.1) is 13.7 Å². The fraction of sp³-hybridized carbons (Fsp3) is 0.533. The second kappa shape index (κ2) is 5.66. The highest BCUT2D eigenvalue weighted by Crippen LogP contribution is 2.41. The minimum absolute atomic E-state index is 0.0227. The number of rotatable bonds is 2. The normalized spacial score (nSPS) is 21.1. The molecular formula is C15H19NO3S. The van der Waals surface area contributed by atoms with Crippen molar-refractivity contribution in [1.82, 2.24) is 4.90 Å². The first kappa shape index (κ1) is 13.8. The number of hydrogen-bond acceptors (Lipinski definition) is 4. The van der Waals surface area contributed by atoms with Crippen molar-refractivity contribution in [3.05, 3.63) is 29.8 Å². The summed E-state index contributed by atoms with van der Waals surface area (Å²) >= 11 is 1.90. The molecule has 4 nitrogen and oxygen atoms in total. The summed E-state index contributed by atoms with van der Waals surface area (Å²) in [5.41, 5.74) is 0.695. The van der Waals surface area contributed by atoms with Gasteiger partial charge in [0.15, 0.2) is 0 Å². The number of carbonyl (C=O) groups is 1. The zero-order valence-corrected chi connectivity index (χ0v) is 12.4. The molecule has 3 rings (SSSR count). The Morgan fingerprint density at radius 1 is 1.40 bits per heavy atom. The molecule has 108 valence electrons. The first-order valence-electron chi connectivity index (χ1n) is 6.94. The monoisotopic (exact) mass is 293 g/mol. The first-order valence-corrected chi connectivity index (χ1v) is 7.92. The van der Waals surface area contributed by atoms with Gasteiger partial charge >= 0.3 is 0 Å². The highest BCUT2D eigenvalue weighted by Gasteiger charge is 2.40. The van der Waals surface area contributed by atoms with Crippen LogP contribution in [0.5, 0.6) is 5.75 Å². The number of methoxy groups -OCH3 is 1. The molecule has 0 N–H and O–H groups in total. The molecule has 0 atom stereocenters. The van der Waals surface area contributed by atoms with Gasteiger partial charge in [0.2, 0.25) is 0 Å². The minimum atomic E-state index is -0.0227. The number of hydrogen-bond donors (Lipinski definition) is 0. The molecule has 2 aliphatic heterocycles. The maximum Gasteiger partial charge on any atom is 0.253 e. The Balaban J connectivity index is 1.66. The topological polar surface area (TPSA) is 38.8 Å². The third kappa shape index (κ3) is 2.65. The van der Waals surface area contributed by atoms with Crippen molar-refractivity contribution >= 4 is 17.7 Å². The molecule has 2 fully saturated rings. The van der Waals surface area contributed by atoms with Crippen LogP contribution in [0.3, 0.4) is 0 Å². The molecule has 2 aliphatic rings. The molecule has 0 bridgehead atoms. The molecule has 0 aromatic heterocycles. The zero-order valence-electron chi connectivity index (χ0n) is 11.6. The Morgan fingerprint density at radius 3 is 2.85 bits per heavy atom. The van der Waals surface area contributed by atoms with E-state index in [1.54, 1.807) is 13.2 Å². The SMILES string of the molecule is COc1cccc(C(=O)N2CCC3(CC2)OCCS3)c1. The molecule has 5 heteroatoms. The summed E-state index contributed by atoms with van der Waals surface area (Å²) in [5.74, 6) is 1.88. The summed E-state index contributed by atoms with van der Waals surface area (Å²) in [6, 6.07) is 7.35. The van der Waals surface area contributed by atoms with Crippen molar-refractivity contribution in [3.8, 4) is 5.75 Å². The summed E-state index contributed by atoms with van der Waals surface area (Å²) in [4.78, 5) is 14.4. The number of nitrogens with zero attached hydrogens (tertiary/aromatic N) is 1. The predicted molar refractivity (Wildman–Crippen MR) is 79.3 cm³/mol. The average molecular weight is 293 g/mol. The molecule has 1 aromatic carbocycles. The average Bonchev–Trinajstić information content (AvgIpc) is 2.96. The standard InChI is InChI=1S/C15H19NO3S/c1-18-13-4-2-3-12(11-13)14(17)16-7-5-15(6-8-16)19-9-10-20-15/h2-4,11H,5-10H2,1H3. The molecule has 1 aromatic rings. The van der Waals surface area contributed by atoms with E-state index in [4.69, 9.17) is 9.47 Å². The van der Waals surface area contributed by atoms with E-state index in [9.17, 15) is 4.79 Å². The smallest absolute Gasteiger partial charge is 0.253 e. The molecule has 0 saturated carbocycles. The quantitative estimate of drug-likeness (QED) is 0.839. The van der Waals surface area contributed by atoms with Crippen molar-refractivity contribution < 1.29 is 14.3 Å². The molecule has 1 spiro atoms. The summed E-state index contributed by atoms with van der Waals surface area (Å²) < 4.78 is 11.0. The highest BCUT2D eigenvalue weighted by molar-refractivity contribution is 8.00.